The smallest absolute Gasteiger partial charge is 0.179 e. The minimum atomic E-state index is -0.472. The van der Waals surface area contributed by atoms with Crippen LogP contribution in [0.2, 0.25) is 0 Å². The Morgan fingerprint density at radius 3 is 2.78 bits per heavy atom. The number of carbonyl (C=O) groups excluding carboxylic acids is 1. The second-order valence-electron chi connectivity index (χ2n) is 6.37. The third-order valence-electron chi connectivity index (χ3n) is 3.98. The van der Waals surface area contributed by atoms with Crippen molar-refractivity contribution in [1.82, 2.24) is 14.7 Å². The van der Waals surface area contributed by atoms with E-state index in [1.165, 1.54) is 0 Å². The van der Waals surface area contributed by atoms with E-state index in [-0.39, 0.29) is 12.3 Å². The normalized spacial score (nSPS) is 15.8. The van der Waals surface area contributed by atoms with Gasteiger partial charge in [0.05, 0.1) is 30.5 Å². The highest BCUT2D eigenvalue weighted by atomic mass is 16.3. The molecule has 122 valence electrons. The highest BCUT2D eigenvalue weighted by Gasteiger charge is 2.25. The van der Waals surface area contributed by atoms with Gasteiger partial charge < -0.3 is 5.11 Å². The summed E-state index contributed by atoms with van der Waals surface area (Å²) in [7, 11) is 0. The van der Waals surface area contributed by atoms with Crippen LogP contribution < -0.4 is 0 Å². The van der Waals surface area contributed by atoms with Gasteiger partial charge in [0.15, 0.2) is 5.78 Å². The highest BCUT2D eigenvalue weighted by molar-refractivity contribution is 5.97. The lowest BCUT2D eigenvalue weighted by atomic mass is 10.1. The van der Waals surface area contributed by atoms with E-state index in [0.29, 0.717) is 24.7 Å². The number of aliphatic hydroxyl groups excluding tert-OH is 1. The van der Waals surface area contributed by atoms with Crippen LogP contribution in [-0.4, -0.2) is 44.8 Å². The second-order valence-corrected chi connectivity index (χ2v) is 6.37. The molecule has 1 aromatic carbocycles. The quantitative estimate of drug-likeness (QED) is 0.760. The summed E-state index contributed by atoms with van der Waals surface area (Å²) in [5, 5.41) is 14.0. The molecule has 0 amide bonds. The van der Waals surface area contributed by atoms with Crippen molar-refractivity contribution in [2.45, 2.75) is 38.5 Å². The summed E-state index contributed by atoms with van der Waals surface area (Å²) in [5.41, 5.74) is 1.79. The molecule has 1 unspecified atom stereocenters. The molecule has 0 aliphatic heterocycles. The fourth-order valence-electron chi connectivity index (χ4n) is 2.72. The lowest BCUT2D eigenvalue weighted by Crippen LogP contribution is -2.35. The van der Waals surface area contributed by atoms with Crippen LogP contribution in [0.15, 0.2) is 42.7 Å². The Morgan fingerprint density at radius 1 is 1.39 bits per heavy atom. The summed E-state index contributed by atoms with van der Waals surface area (Å²) in [5.74, 6) is 0.0495. The molecule has 1 saturated carbocycles. The number of hydrogen-bond donors (Lipinski definition) is 1. The number of Topliss-reactive ketones (excluding diaryl/α,β-unsaturated/α-hetero) is 1. The SMILES string of the molecule is CC(O)CN(CC(=O)c1cnn(C2CC2)c1)Cc1ccccc1. The van der Waals surface area contributed by atoms with Crippen molar-refractivity contribution in [2.24, 2.45) is 0 Å². The molecular weight excluding hydrogens is 290 g/mol. The molecule has 1 heterocycles. The number of benzene rings is 1. The van der Waals surface area contributed by atoms with Crippen molar-refractivity contribution < 1.29 is 9.90 Å². The van der Waals surface area contributed by atoms with Crippen LogP contribution in [0.4, 0.5) is 0 Å². The average molecular weight is 313 g/mol. The number of hydrogen-bond acceptors (Lipinski definition) is 4. The lowest BCUT2D eigenvalue weighted by Gasteiger charge is -2.22. The molecule has 3 rings (SSSR count). The minimum absolute atomic E-state index is 0.0495. The first kappa shape index (κ1) is 15.9. The second kappa shape index (κ2) is 7.06. The van der Waals surface area contributed by atoms with Crippen LogP contribution >= 0.6 is 0 Å². The zero-order chi connectivity index (χ0) is 16.2. The summed E-state index contributed by atoms with van der Waals surface area (Å²) in [6, 6.07) is 10.5. The molecule has 1 aliphatic rings. The van der Waals surface area contributed by atoms with Crippen LogP contribution in [0, 0.1) is 0 Å². The van der Waals surface area contributed by atoms with E-state index in [9.17, 15) is 9.90 Å². The number of aromatic nitrogens is 2. The highest BCUT2D eigenvalue weighted by Crippen LogP contribution is 2.34. The van der Waals surface area contributed by atoms with Gasteiger partial charge in [0.1, 0.15) is 0 Å². The van der Waals surface area contributed by atoms with Crippen molar-refractivity contribution in [3.8, 4) is 0 Å². The lowest BCUT2D eigenvalue weighted by molar-refractivity contribution is 0.0850. The van der Waals surface area contributed by atoms with Gasteiger partial charge in [0.2, 0.25) is 0 Å². The Hall–Kier alpha value is -1.98. The summed E-state index contributed by atoms with van der Waals surface area (Å²) < 4.78 is 1.89. The van der Waals surface area contributed by atoms with Gasteiger partial charge in [-0.15, -0.1) is 0 Å². The topological polar surface area (TPSA) is 58.4 Å². The largest absolute Gasteiger partial charge is 0.392 e. The molecule has 23 heavy (non-hydrogen) atoms. The predicted octanol–water partition coefficient (Wildman–Crippen LogP) is 2.28. The molecule has 1 fully saturated rings. The molecule has 1 aromatic heterocycles. The minimum Gasteiger partial charge on any atom is -0.392 e. The third kappa shape index (κ3) is 4.50. The number of aliphatic hydroxyl groups is 1. The maximum Gasteiger partial charge on any atom is 0.179 e. The maximum absolute atomic E-state index is 12.5. The van der Waals surface area contributed by atoms with E-state index >= 15 is 0 Å². The van der Waals surface area contributed by atoms with E-state index in [1.54, 1.807) is 13.1 Å². The number of carbonyl (C=O) groups is 1. The van der Waals surface area contributed by atoms with Crippen molar-refractivity contribution >= 4 is 5.78 Å². The molecule has 2 aromatic rings. The van der Waals surface area contributed by atoms with Crippen LogP contribution in [0.25, 0.3) is 0 Å². The average Bonchev–Trinajstić information content (AvgIpc) is 3.24. The maximum atomic E-state index is 12.5. The Kier molecular flexibility index (Phi) is 4.88. The fraction of sp³-hybridized carbons (Fsp3) is 0.444. The van der Waals surface area contributed by atoms with Crippen LogP contribution in [0.3, 0.4) is 0 Å². The van der Waals surface area contributed by atoms with E-state index in [1.807, 2.05) is 46.1 Å². The van der Waals surface area contributed by atoms with Gasteiger partial charge in [-0.3, -0.25) is 14.4 Å². The summed E-state index contributed by atoms with van der Waals surface area (Å²) in [4.78, 5) is 14.5. The van der Waals surface area contributed by atoms with Gasteiger partial charge in [-0.1, -0.05) is 30.3 Å². The number of nitrogens with zero attached hydrogens (tertiary/aromatic N) is 3. The molecule has 1 atom stereocenters. The molecule has 0 bridgehead atoms. The molecule has 0 spiro atoms. The number of rotatable bonds is 8. The fourth-order valence-corrected chi connectivity index (χ4v) is 2.72. The van der Waals surface area contributed by atoms with Crippen molar-refractivity contribution in [2.75, 3.05) is 13.1 Å². The molecule has 1 aliphatic carbocycles. The molecule has 5 nitrogen and oxygen atoms in total. The molecule has 0 radical (unpaired) electrons. The summed E-state index contributed by atoms with van der Waals surface area (Å²) in [6.07, 6.45) is 5.34. The van der Waals surface area contributed by atoms with Crippen LogP contribution in [0.5, 0.6) is 0 Å². The summed E-state index contributed by atoms with van der Waals surface area (Å²) >= 11 is 0. The van der Waals surface area contributed by atoms with Crippen molar-refractivity contribution in [3.05, 3.63) is 53.9 Å². The first-order valence-electron chi connectivity index (χ1n) is 8.13. The third-order valence-corrected chi connectivity index (χ3v) is 3.98. The van der Waals surface area contributed by atoms with Gasteiger partial charge in [-0.25, -0.2) is 0 Å². The molecular formula is C18H23N3O2. The van der Waals surface area contributed by atoms with E-state index in [2.05, 4.69) is 5.10 Å². The van der Waals surface area contributed by atoms with Gasteiger partial charge >= 0.3 is 0 Å². The van der Waals surface area contributed by atoms with E-state index in [0.717, 1.165) is 18.4 Å². The monoisotopic (exact) mass is 313 g/mol. The summed E-state index contributed by atoms with van der Waals surface area (Å²) in [6.45, 7) is 3.15. The van der Waals surface area contributed by atoms with Gasteiger partial charge in [0, 0.05) is 19.3 Å². The molecule has 5 heteroatoms. The Bertz CT molecular complexity index is 647. The Morgan fingerprint density at radius 2 is 2.13 bits per heavy atom. The van der Waals surface area contributed by atoms with Gasteiger partial charge in [0.25, 0.3) is 0 Å². The first-order valence-corrected chi connectivity index (χ1v) is 8.13. The van der Waals surface area contributed by atoms with Gasteiger partial charge in [-0.05, 0) is 25.3 Å². The van der Waals surface area contributed by atoms with Crippen LogP contribution in [0.1, 0.15) is 41.7 Å². The van der Waals surface area contributed by atoms with Crippen molar-refractivity contribution in [3.63, 3.8) is 0 Å². The standard InChI is InChI=1S/C18H23N3O2/c1-14(22)10-20(11-15-5-3-2-4-6-15)13-18(23)16-9-19-21(12-16)17-7-8-17/h2-6,9,12,14,17,22H,7-8,10-11,13H2,1H3. The Balaban J connectivity index is 1.65. The van der Waals surface area contributed by atoms with E-state index < -0.39 is 6.10 Å². The zero-order valence-electron chi connectivity index (χ0n) is 13.4. The van der Waals surface area contributed by atoms with Gasteiger partial charge in [-0.2, -0.15) is 5.10 Å². The Labute approximate surface area is 136 Å². The predicted molar refractivity (Wildman–Crippen MR) is 88.2 cm³/mol. The number of ketones is 1. The van der Waals surface area contributed by atoms with E-state index in [4.69, 9.17) is 0 Å². The molecule has 0 saturated heterocycles. The van der Waals surface area contributed by atoms with Crippen molar-refractivity contribution in [1.29, 1.82) is 0 Å². The van der Waals surface area contributed by atoms with Crippen LogP contribution in [-0.2, 0) is 6.54 Å². The first-order chi connectivity index (χ1) is 11.1. The molecule has 1 N–H and O–H groups in total. The zero-order valence-corrected chi connectivity index (χ0v) is 13.4.